The average molecular weight is 268 g/mol. The lowest BCUT2D eigenvalue weighted by molar-refractivity contribution is 0.0444. The van der Waals surface area contributed by atoms with Crippen LogP contribution >= 0.6 is 0 Å². The minimum Gasteiger partial charge on any atom is -0.390 e. The topological polar surface area (TPSA) is 35.5 Å². The van der Waals surface area contributed by atoms with E-state index < -0.39 is 0 Å². The first-order chi connectivity index (χ1) is 8.94. The number of likely N-dealkylation sites (tertiary alicyclic amines) is 1. The van der Waals surface area contributed by atoms with E-state index in [4.69, 9.17) is 0 Å². The van der Waals surface area contributed by atoms with E-state index in [0.29, 0.717) is 6.54 Å². The van der Waals surface area contributed by atoms with Crippen molar-refractivity contribution in [3.05, 3.63) is 0 Å². The van der Waals surface area contributed by atoms with Gasteiger partial charge in [-0.3, -0.25) is 0 Å². The normalized spacial score (nSPS) is 30.9. The first-order valence-electron chi connectivity index (χ1n) is 8.09. The van der Waals surface area contributed by atoms with Crippen LogP contribution in [0.2, 0.25) is 0 Å². The second-order valence-corrected chi connectivity index (χ2v) is 7.64. The van der Waals surface area contributed by atoms with Gasteiger partial charge in [-0.15, -0.1) is 0 Å². The lowest BCUT2D eigenvalue weighted by atomic mass is 9.75. The van der Waals surface area contributed by atoms with Crippen LogP contribution in [0.15, 0.2) is 0 Å². The fourth-order valence-electron chi connectivity index (χ4n) is 3.63. The van der Waals surface area contributed by atoms with Crippen LogP contribution in [0.4, 0.5) is 0 Å². The molecule has 1 saturated carbocycles. The zero-order chi connectivity index (χ0) is 13.9. The number of hydrogen-bond donors (Lipinski definition) is 2. The maximum absolute atomic E-state index is 10.2. The molecule has 0 radical (unpaired) electrons. The van der Waals surface area contributed by atoms with E-state index in [1.165, 1.54) is 45.2 Å². The SMILES string of the molecule is CC(C)(C)NCC(O)CN1CCC2CCCCC2C1. The molecule has 112 valence electrons. The Morgan fingerprint density at radius 1 is 1.16 bits per heavy atom. The molecule has 1 heterocycles. The van der Waals surface area contributed by atoms with E-state index in [1.807, 2.05) is 0 Å². The summed E-state index contributed by atoms with van der Waals surface area (Å²) in [5.74, 6) is 1.89. The van der Waals surface area contributed by atoms with Gasteiger partial charge in [-0.25, -0.2) is 0 Å². The predicted molar refractivity (Wildman–Crippen MR) is 80.3 cm³/mol. The first kappa shape index (κ1) is 15.3. The molecule has 2 fully saturated rings. The summed E-state index contributed by atoms with van der Waals surface area (Å²) >= 11 is 0. The lowest BCUT2D eigenvalue weighted by Crippen LogP contribution is -2.48. The summed E-state index contributed by atoms with van der Waals surface area (Å²) in [6.45, 7) is 10.4. The molecular weight excluding hydrogens is 236 g/mol. The van der Waals surface area contributed by atoms with Crippen molar-refractivity contribution in [3.8, 4) is 0 Å². The van der Waals surface area contributed by atoms with Crippen LogP contribution in [0, 0.1) is 11.8 Å². The summed E-state index contributed by atoms with van der Waals surface area (Å²) in [5, 5.41) is 13.5. The molecule has 3 heteroatoms. The van der Waals surface area contributed by atoms with Crippen molar-refractivity contribution in [1.82, 2.24) is 10.2 Å². The Balaban J connectivity index is 1.71. The minimum atomic E-state index is -0.237. The van der Waals surface area contributed by atoms with Gasteiger partial charge in [0.05, 0.1) is 6.10 Å². The fourth-order valence-corrected chi connectivity index (χ4v) is 3.63. The highest BCUT2D eigenvalue weighted by Gasteiger charge is 2.31. The molecule has 3 atom stereocenters. The van der Waals surface area contributed by atoms with Crippen molar-refractivity contribution in [2.45, 2.75) is 64.5 Å². The van der Waals surface area contributed by atoms with Gasteiger partial charge in [-0.05, 0) is 52.0 Å². The van der Waals surface area contributed by atoms with Crippen LogP contribution in [0.1, 0.15) is 52.9 Å². The highest BCUT2D eigenvalue weighted by Crippen LogP contribution is 2.35. The Morgan fingerprint density at radius 2 is 1.84 bits per heavy atom. The molecule has 0 aromatic heterocycles. The summed E-state index contributed by atoms with van der Waals surface area (Å²) in [5.41, 5.74) is 0.0946. The summed E-state index contributed by atoms with van der Waals surface area (Å²) < 4.78 is 0. The first-order valence-corrected chi connectivity index (χ1v) is 8.09. The Labute approximate surface area is 118 Å². The van der Waals surface area contributed by atoms with E-state index in [9.17, 15) is 5.11 Å². The number of hydrogen-bond acceptors (Lipinski definition) is 3. The third-order valence-corrected chi connectivity index (χ3v) is 4.71. The van der Waals surface area contributed by atoms with E-state index in [0.717, 1.165) is 18.4 Å². The molecule has 0 spiro atoms. The second-order valence-electron chi connectivity index (χ2n) is 7.64. The third kappa shape index (κ3) is 5.05. The number of nitrogens with zero attached hydrogens (tertiary/aromatic N) is 1. The van der Waals surface area contributed by atoms with Gasteiger partial charge in [0.15, 0.2) is 0 Å². The summed E-state index contributed by atoms with van der Waals surface area (Å²) in [4.78, 5) is 2.49. The number of rotatable bonds is 4. The van der Waals surface area contributed by atoms with E-state index in [1.54, 1.807) is 0 Å². The Bertz CT molecular complexity index is 274. The fraction of sp³-hybridized carbons (Fsp3) is 1.00. The predicted octanol–water partition coefficient (Wildman–Crippen LogP) is 2.25. The molecule has 2 aliphatic rings. The molecule has 1 aliphatic heterocycles. The Morgan fingerprint density at radius 3 is 2.53 bits per heavy atom. The van der Waals surface area contributed by atoms with Gasteiger partial charge in [0.1, 0.15) is 0 Å². The highest BCUT2D eigenvalue weighted by atomic mass is 16.3. The van der Waals surface area contributed by atoms with Crippen molar-refractivity contribution in [2.24, 2.45) is 11.8 Å². The van der Waals surface area contributed by atoms with Crippen molar-refractivity contribution in [3.63, 3.8) is 0 Å². The van der Waals surface area contributed by atoms with Crippen LogP contribution in [0.5, 0.6) is 0 Å². The van der Waals surface area contributed by atoms with E-state index in [-0.39, 0.29) is 11.6 Å². The van der Waals surface area contributed by atoms with Gasteiger partial charge < -0.3 is 15.3 Å². The average Bonchev–Trinajstić information content (AvgIpc) is 2.35. The number of nitrogens with one attached hydrogen (secondary N) is 1. The van der Waals surface area contributed by atoms with E-state index >= 15 is 0 Å². The molecular formula is C16H32N2O. The van der Waals surface area contributed by atoms with Crippen molar-refractivity contribution < 1.29 is 5.11 Å². The van der Waals surface area contributed by atoms with Gasteiger partial charge in [-0.2, -0.15) is 0 Å². The van der Waals surface area contributed by atoms with Crippen LogP contribution in [0.25, 0.3) is 0 Å². The van der Waals surface area contributed by atoms with Gasteiger partial charge in [-0.1, -0.05) is 19.3 Å². The number of aliphatic hydroxyl groups is 1. The largest absolute Gasteiger partial charge is 0.390 e. The van der Waals surface area contributed by atoms with Crippen LogP contribution < -0.4 is 5.32 Å². The highest BCUT2D eigenvalue weighted by molar-refractivity contribution is 4.85. The summed E-state index contributed by atoms with van der Waals surface area (Å²) in [6.07, 6.45) is 6.84. The smallest absolute Gasteiger partial charge is 0.0791 e. The van der Waals surface area contributed by atoms with Crippen molar-refractivity contribution >= 4 is 0 Å². The molecule has 1 saturated heterocycles. The zero-order valence-corrected chi connectivity index (χ0v) is 13.0. The molecule has 2 N–H and O–H groups in total. The van der Waals surface area contributed by atoms with E-state index in [2.05, 4.69) is 31.0 Å². The van der Waals surface area contributed by atoms with Gasteiger partial charge >= 0.3 is 0 Å². The molecule has 0 aromatic rings. The van der Waals surface area contributed by atoms with Crippen molar-refractivity contribution in [2.75, 3.05) is 26.2 Å². The molecule has 2 rings (SSSR count). The maximum Gasteiger partial charge on any atom is 0.0791 e. The monoisotopic (exact) mass is 268 g/mol. The quantitative estimate of drug-likeness (QED) is 0.821. The lowest BCUT2D eigenvalue weighted by Gasteiger charge is -2.42. The number of β-amino-alcohol motifs (C(OH)–C–C–N with tert-alkyl or cyclic N) is 1. The number of fused-ring (bicyclic) bond motifs is 1. The Kier molecular flexibility index (Phi) is 5.27. The molecule has 19 heavy (non-hydrogen) atoms. The third-order valence-electron chi connectivity index (χ3n) is 4.71. The van der Waals surface area contributed by atoms with Gasteiger partial charge in [0.25, 0.3) is 0 Å². The summed E-state index contributed by atoms with van der Waals surface area (Å²) in [7, 11) is 0. The van der Waals surface area contributed by atoms with Crippen LogP contribution in [0.3, 0.4) is 0 Å². The second kappa shape index (κ2) is 6.55. The zero-order valence-electron chi connectivity index (χ0n) is 13.0. The van der Waals surface area contributed by atoms with Crippen LogP contribution in [-0.4, -0.2) is 47.8 Å². The van der Waals surface area contributed by atoms with Gasteiger partial charge in [0.2, 0.25) is 0 Å². The Hall–Kier alpha value is -0.120. The minimum absolute atomic E-state index is 0.0946. The molecule has 1 aliphatic carbocycles. The molecule has 0 aromatic carbocycles. The molecule has 3 nitrogen and oxygen atoms in total. The standard InChI is InChI=1S/C16H32N2O/c1-16(2,3)17-10-15(19)12-18-9-8-13-6-4-5-7-14(13)11-18/h13-15,17,19H,4-12H2,1-3H3. The van der Waals surface area contributed by atoms with Crippen molar-refractivity contribution in [1.29, 1.82) is 0 Å². The van der Waals surface area contributed by atoms with Gasteiger partial charge in [0, 0.05) is 25.2 Å². The summed E-state index contributed by atoms with van der Waals surface area (Å²) in [6, 6.07) is 0. The molecule has 0 amide bonds. The number of piperidine rings is 1. The number of aliphatic hydroxyl groups excluding tert-OH is 1. The molecule has 3 unspecified atom stereocenters. The molecule has 0 bridgehead atoms. The van der Waals surface area contributed by atoms with Crippen LogP contribution in [-0.2, 0) is 0 Å². The maximum atomic E-state index is 10.2.